The van der Waals surface area contributed by atoms with Gasteiger partial charge in [-0.15, -0.1) is 0 Å². The van der Waals surface area contributed by atoms with Crippen LogP contribution in [0.3, 0.4) is 0 Å². The predicted molar refractivity (Wildman–Crippen MR) is 374 cm³/mol. The molecular weight excluding hydrogens is 1380 g/mol. The second-order valence-electron chi connectivity index (χ2n) is 27.5. The van der Waals surface area contributed by atoms with Crippen LogP contribution in [0.2, 0.25) is 0 Å². The molecule has 105 heavy (non-hydrogen) atoms. The van der Waals surface area contributed by atoms with Gasteiger partial charge in [-0.05, 0) is 149 Å². The predicted octanol–water partition coefficient (Wildman–Crippen LogP) is -2.12. The highest BCUT2D eigenvalue weighted by molar-refractivity contribution is 5.98. The first kappa shape index (κ1) is 84.1. The van der Waals surface area contributed by atoms with Crippen LogP contribution in [0, 0.1) is 29.6 Å². The Morgan fingerprint density at radius 3 is 1.43 bits per heavy atom. The van der Waals surface area contributed by atoms with Crippen molar-refractivity contribution in [1.29, 1.82) is 0 Å². The van der Waals surface area contributed by atoms with Crippen LogP contribution in [0.5, 0.6) is 0 Å². The summed E-state index contributed by atoms with van der Waals surface area (Å²) in [6.45, 7) is -5.63. The number of hydrogen-bond donors (Lipinski definition) is 14. The first-order valence-corrected chi connectivity index (χ1v) is 34.6. The number of primary amides is 4. The van der Waals surface area contributed by atoms with Gasteiger partial charge in [-0.25, -0.2) is 0 Å². The molecule has 18 N–H and O–H groups in total. The minimum absolute atomic E-state index is 0.0145. The van der Waals surface area contributed by atoms with E-state index >= 15 is 0 Å². The Morgan fingerprint density at radius 1 is 0.514 bits per heavy atom. The molecule has 9 atom stereocenters. The first-order chi connectivity index (χ1) is 49.6. The third-order valence-electron chi connectivity index (χ3n) is 19.7. The van der Waals surface area contributed by atoms with Gasteiger partial charge in [0, 0.05) is 69.1 Å². The second kappa shape index (κ2) is 40.4. The number of nitrogens with one attached hydrogen (secondary N) is 3. The summed E-state index contributed by atoms with van der Waals surface area (Å²) < 4.78 is 0. The Hall–Kier alpha value is -9.85. The van der Waals surface area contributed by atoms with Crippen LogP contribution in [0.25, 0.3) is 0 Å². The lowest BCUT2D eigenvalue weighted by atomic mass is 9.55. The van der Waals surface area contributed by atoms with E-state index < -0.39 is 166 Å². The van der Waals surface area contributed by atoms with E-state index in [0.29, 0.717) is 47.6 Å². The standard InChI is InChI=1S/C69H98N14O22/c1-41(84)69(104)20-18-53-52-12-6-44-28-47(11-13-50(44)51(52)14-15-54(53)69)77-105-25-19-61(90)76-55(68(103)75-46-9-4-43(5-10-46)27-49(83(34-59(73)88)40-67(101)102)30-79(36-63(93)94)22-24-81(32-57(71)86)38-65(97)98)16-17-60(89)74-45-7-2-42(3-8-45)26-48(82(33-58(72)87)39-66(99)100)29-78(35-62(91)92)21-23-80(31-56(70)85)37-64(95)96/h2-5,7-10,28,48-55,104H,6,11-27,29-40H2,1H3,(H2,70,85)(H2,71,86)(H2,72,87)(H2,73,88)(H,74,89)(H,75,103)(H,76,90)(H,91,92)(H,93,94)(H,95,96)(H,97,98)(H,99,100)(H,101,102). The number of aliphatic hydroxyl groups is 1. The maximum absolute atomic E-state index is 14.3. The molecule has 3 saturated carbocycles. The monoisotopic (exact) mass is 1470 g/mol. The fraction of sp³-hybridized carbons (Fsp3) is 0.580. The number of allylic oxidation sites excluding steroid dienone is 2. The number of nitrogens with zero attached hydrogens (tertiary/aromatic N) is 7. The molecule has 9 unspecified atom stereocenters. The summed E-state index contributed by atoms with van der Waals surface area (Å²) in [5, 5.41) is 82.1. The SMILES string of the molecule is CC(=O)C1(O)CCC2C3CCC4=CC(=NOCCC(=O)NC(CCC(=O)Nc5ccc(CC(CN(CCN(CC(N)=O)CC(=O)O)CC(=O)O)N(CC(N)=O)CC(=O)O)cc5)C(=O)Nc5ccc(CC(CN(CCN(CC(N)=O)CC(=O)O)CC(=O)O)N(CC(N)=O)CC(=O)O)cc5)CCC4C3CCC21. The van der Waals surface area contributed by atoms with Crippen molar-refractivity contribution < 1.29 is 108 Å². The number of oxime groups is 1. The van der Waals surface area contributed by atoms with Crippen LogP contribution in [0.4, 0.5) is 11.4 Å². The normalized spacial score (nSPS) is 20.2. The first-order valence-electron chi connectivity index (χ1n) is 34.6. The molecule has 0 saturated heterocycles. The Bertz CT molecular complexity index is 3460. The second-order valence-corrected chi connectivity index (χ2v) is 27.5. The van der Waals surface area contributed by atoms with Gasteiger partial charge >= 0.3 is 35.8 Å². The van der Waals surface area contributed by atoms with Crippen LogP contribution in [-0.4, -0.2) is 289 Å². The molecule has 7 amide bonds. The van der Waals surface area contributed by atoms with Gasteiger partial charge < -0.3 is 79.5 Å². The van der Waals surface area contributed by atoms with E-state index in [2.05, 4.69) is 27.2 Å². The summed E-state index contributed by atoms with van der Waals surface area (Å²) in [6.07, 6.45) is 7.50. The van der Waals surface area contributed by atoms with Crippen molar-refractivity contribution in [2.24, 2.45) is 57.7 Å². The van der Waals surface area contributed by atoms with E-state index in [1.165, 1.54) is 66.2 Å². The van der Waals surface area contributed by atoms with Gasteiger partial charge in [0.05, 0.1) is 77.6 Å². The average molecular weight is 1480 g/mol. The molecular formula is C69H98N14O22. The quantitative estimate of drug-likeness (QED) is 0.0249. The van der Waals surface area contributed by atoms with Gasteiger partial charge in [-0.3, -0.25) is 96.5 Å². The van der Waals surface area contributed by atoms with Crippen LogP contribution in [0.15, 0.2) is 65.3 Å². The molecule has 4 aliphatic rings. The minimum Gasteiger partial charge on any atom is -0.480 e. The molecule has 4 aliphatic carbocycles. The fourth-order valence-electron chi connectivity index (χ4n) is 15.2. The third-order valence-corrected chi connectivity index (χ3v) is 19.7. The van der Waals surface area contributed by atoms with Crippen molar-refractivity contribution in [3.05, 3.63) is 71.3 Å². The van der Waals surface area contributed by atoms with Crippen molar-refractivity contribution in [2.75, 3.05) is 122 Å². The van der Waals surface area contributed by atoms with Crippen LogP contribution in [0.1, 0.15) is 88.7 Å². The van der Waals surface area contributed by atoms with Crippen LogP contribution < -0.4 is 38.9 Å². The van der Waals surface area contributed by atoms with E-state index in [1.54, 1.807) is 24.3 Å². The zero-order valence-corrected chi connectivity index (χ0v) is 58.7. The highest BCUT2D eigenvalue weighted by Gasteiger charge is 2.57. The van der Waals surface area contributed by atoms with Crippen molar-refractivity contribution in [1.82, 2.24) is 34.7 Å². The summed E-state index contributed by atoms with van der Waals surface area (Å²) >= 11 is 0. The molecule has 0 radical (unpaired) electrons. The lowest BCUT2D eigenvalue weighted by molar-refractivity contribution is -0.143. The van der Waals surface area contributed by atoms with Crippen LogP contribution >= 0.6 is 0 Å². The number of carboxylic acid groups (broad SMARTS) is 6. The summed E-state index contributed by atoms with van der Waals surface area (Å²) in [5.74, 6) is -12.0. The molecule has 2 aromatic rings. The molecule has 6 rings (SSSR count). The Labute approximate surface area is 605 Å². The van der Waals surface area contributed by atoms with Crippen molar-refractivity contribution >= 4 is 100 Å². The number of carbonyl (C=O) groups excluding carboxylic acids is 8. The molecule has 0 aliphatic heterocycles. The highest BCUT2D eigenvalue weighted by atomic mass is 16.6. The zero-order valence-electron chi connectivity index (χ0n) is 58.7. The molecule has 3 fully saturated rings. The fourth-order valence-corrected chi connectivity index (χ4v) is 15.2. The summed E-state index contributed by atoms with van der Waals surface area (Å²) in [5.41, 5.74) is 23.9. The molecule has 0 bridgehead atoms. The number of rotatable bonds is 48. The molecule has 0 aromatic heterocycles. The Balaban J connectivity index is 1.18. The minimum atomic E-state index is -1.37. The molecule has 36 heteroatoms. The number of anilines is 2. The summed E-state index contributed by atoms with van der Waals surface area (Å²) in [7, 11) is 0. The molecule has 36 nitrogen and oxygen atoms in total. The largest absolute Gasteiger partial charge is 0.480 e. The van der Waals surface area contributed by atoms with Crippen molar-refractivity contribution in [3.8, 4) is 0 Å². The number of Topliss-reactive ketones (excluding diaryl/α,β-unsaturated/α-hetero) is 1. The topological polar surface area (TPSA) is 562 Å². The van der Waals surface area contributed by atoms with Gasteiger partial charge in [-0.1, -0.05) is 35.0 Å². The maximum atomic E-state index is 14.3. The number of ketones is 1. The number of amides is 7. The summed E-state index contributed by atoms with van der Waals surface area (Å²) in [6, 6.07) is 9.03. The van der Waals surface area contributed by atoms with E-state index in [9.17, 15) is 103 Å². The van der Waals surface area contributed by atoms with Gasteiger partial charge in [0.2, 0.25) is 41.4 Å². The molecule has 0 spiro atoms. The molecule has 2 aromatic carbocycles. The number of fused-ring (bicyclic) bond motifs is 5. The number of carboxylic acids is 6. The van der Waals surface area contributed by atoms with E-state index in [-0.39, 0.29) is 101 Å². The number of hydrogen-bond acceptors (Lipinski definition) is 23. The van der Waals surface area contributed by atoms with Gasteiger partial charge in [0.1, 0.15) is 18.2 Å². The number of nitrogens with two attached hydrogens (primary N) is 4. The number of carbonyl (C=O) groups is 14. The van der Waals surface area contributed by atoms with E-state index in [0.717, 1.165) is 44.2 Å². The highest BCUT2D eigenvalue weighted by Crippen LogP contribution is 2.59. The van der Waals surface area contributed by atoms with Gasteiger partial charge in [0.15, 0.2) is 5.78 Å². The zero-order chi connectivity index (χ0) is 77.2. The van der Waals surface area contributed by atoms with Gasteiger partial charge in [-0.2, -0.15) is 0 Å². The number of aliphatic carboxylic acids is 6. The lowest BCUT2D eigenvalue weighted by Gasteiger charge is -2.50. The molecule has 0 heterocycles. The van der Waals surface area contributed by atoms with Crippen molar-refractivity contribution in [2.45, 2.75) is 114 Å². The Morgan fingerprint density at radius 2 is 0.971 bits per heavy atom. The smallest absolute Gasteiger partial charge is 0.317 e. The lowest BCUT2D eigenvalue weighted by Crippen LogP contribution is -2.52. The Kier molecular flexibility index (Phi) is 32.4. The maximum Gasteiger partial charge on any atom is 0.317 e. The molecule has 576 valence electrons. The van der Waals surface area contributed by atoms with Gasteiger partial charge in [0.25, 0.3) is 0 Å². The summed E-state index contributed by atoms with van der Waals surface area (Å²) in [4.78, 5) is 187. The third kappa shape index (κ3) is 27.9. The van der Waals surface area contributed by atoms with Crippen molar-refractivity contribution in [3.63, 3.8) is 0 Å². The average Bonchev–Trinajstić information content (AvgIpc) is 1.64. The number of benzene rings is 2. The van der Waals surface area contributed by atoms with E-state index in [1.807, 2.05) is 0 Å². The van der Waals surface area contributed by atoms with E-state index in [4.69, 9.17) is 27.8 Å². The van der Waals surface area contributed by atoms with Crippen LogP contribution in [-0.2, 0) is 84.8 Å².